The zero-order chi connectivity index (χ0) is 19.5. The van der Waals surface area contributed by atoms with Crippen LogP contribution < -0.4 is 0 Å². The van der Waals surface area contributed by atoms with E-state index in [9.17, 15) is 4.79 Å². The highest BCUT2D eigenvalue weighted by Gasteiger charge is 2.19. The first-order valence-corrected chi connectivity index (χ1v) is 8.69. The molecule has 0 bridgehead atoms. The summed E-state index contributed by atoms with van der Waals surface area (Å²) in [6.45, 7) is 1.99. The summed E-state index contributed by atoms with van der Waals surface area (Å²) < 4.78 is 3.21. The molecule has 0 aliphatic rings. The van der Waals surface area contributed by atoms with E-state index in [0.717, 1.165) is 16.9 Å². The smallest absolute Gasteiger partial charge is 0.254 e. The minimum absolute atomic E-state index is 0.0808. The molecule has 0 aliphatic carbocycles. The van der Waals surface area contributed by atoms with Crippen molar-refractivity contribution in [3.8, 4) is 11.4 Å². The molecule has 4 aromatic rings. The standard InChI is InChI=1S/C19H18N8O/c1-14(15-6-8-17(9-7-15)26-12-20-11-22-26)25(2)19(28)16-4-3-5-18(10-16)27-13-21-23-24-27/h3-14H,1-2H3/t14-/m1/s1. The fourth-order valence-electron chi connectivity index (χ4n) is 2.91. The highest BCUT2D eigenvalue weighted by Crippen LogP contribution is 2.22. The van der Waals surface area contributed by atoms with Crippen LogP contribution >= 0.6 is 0 Å². The molecule has 0 fully saturated rings. The fourth-order valence-corrected chi connectivity index (χ4v) is 2.91. The Balaban J connectivity index is 1.53. The zero-order valence-corrected chi connectivity index (χ0v) is 15.4. The second-order valence-corrected chi connectivity index (χ2v) is 6.33. The first kappa shape index (κ1) is 17.5. The van der Waals surface area contributed by atoms with Crippen LogP contribution in [-0.4, -0.2) is 52.8 Å². The van der Waals surface area contributed by atoms with Crippen LogP contribution in [0, 0.1) is 0 Å². The average molecular weight is 374 g/mol. The Labute approximate surface area is 161 Å². The molecular formula is C19H18N8O. The lowest BCUT2D eigenvalue weighted by atomic mass is 10.1. The fraction of sp³-hybridized carbons (Fsp3) is 0.158. The quantitative estimate of drug-likeness (QED) is 0.531. The minimum Gasteiger partial charge on any atom is -0.335 e. The second kappa shape index (κ2) is 7.39. The van der Waals surface area contributed by atoms with E-state index in [4.69, 9.17) is 0 Å². The molecule has 0 unspecified atom stereocenters. The van der Waals surface area contributed by atoms with E-state index in [2.05, 4.69) is 25.6 Å². The monoisotopic (exact) mass is 374 g/mol. The lowest BCUT2D eigenvalue weighted by Gasteiger charge is -2.25. The van der Waals surface area contributed by atoms with Gasteiger partial charge in [0.2, 0.25) is 0 Å². The number of benzene rings is 2. The van der Waals surface area contributed by atoms with Crippen LogP contribution in [-0.2, 0) is 0 Å². The van der Waals surface area contributed by atoms with Gasteiger partial charge in [-0.25, -0.2) is 14.3 Å². The molecular weight excluding hydrogens is 356 g/mol. The van der Waals surface area contributed by atoms with Crippen LogP contribution in [0.1, 0.15) is 28.9 Å². The zero-order valence-electron chi connectivity index (χ0n) is 15.4. The first-order valence-electron chi connectivity index (χ1n) is 8.69. The highest BCUT2D eigenvalue weighted by atomic mass is 16.2. The van der Waals surface area contributed by atoms with E-state index < -0.39 is 0 Å². The van der Waals surface area contributed by atoms with Gasteiger partial charge >= 0.3 is 0 Å². The molecule has 4 rings (SSSR count). The lowest BCUT2D eigenvalue weighted by Crippen LogP contribution is -2.29. The predicted octanol–water partition coefficient (Wildman–Crippen LogP) is 2.08. The number of hydrogen-bond donors (Lipinski definition) is 0. The predicted molar refractivity (Wildman–Crippen MR) is 101 cm³/mol. The Morgan fingerprint density at radius 3 is 2.54 bits per heavy atom. The van der Waals surface area contributed by atoms with Gasteiger partial charge in [-0.15, -0.1) is 5.10 Å². The number of amides is 1. The van der Waals surface area contributed by atoms with Gasteiger partial charge in [0.25, 0.3) is 5.91 Å². The summed E-state index contributed by atoms with van der Waals surface area (Å²) in [5.74, 6) is -0.0808. The molecule has 1 atom stereocenters. The number of aromatic nitrogens is 7. The van der Waals surface area contributed by atoms with Crippen LogP contribution in [0.3, 0.4) is 0 Å². The third kappa shape index (κ3) is 3.37. The second-order valence-electron chi connectivity index (χ2n) is 6.33. The van der Waals surface area contributed by atoms with Gasteiger partial charge < -0.3 is 4.90 Å². The summed E-state index contributed by atoms with van der Waals surface area (Å²) in [6, 6.07) is 15.0. The van der Waals surface area contributed by atoms with Crippen molar-refractivity contribution in [2.75, 3.05) is 7.05 Å². The van der Waals surface area contributed by atoms with Gasteiger partial charge in [0, 0.05) is 12.6 Å². The molecule has 0 radical (unpaired) electrons. The van der Waals surface area contributed by atoms with E-state index in [1.54, 1.807) is 35.1 Å². The van der Waals surface area contributed by atoms with Crippen molar-refractivity contribution in [1.82, 2.24) is 39.9 Å². The van der Waals surface area contributed by atoms with Gasteiger partial charge in [-0.05, 0) is 53.2 Å². The van der Waals surface area contributed by atoms with Crippen molar-refractivity contribution in [3.63, 3.8) is 0 Å². The number of carbonyl (C=O) groups is 1. The Kier molecular flexibility index (Phi) is 4.63. The van der Waals surface area contributed by atoms with Gasteiger partial charge in [-0.2, -0.15) is 5.10 Å². The van der Waals surface area contributed by atoms with Crippen LogP contribution in [0.2, 0.25) is 0 Å². The van der Waals surface area contributed by atoms with Crippen molar-refractivity contribution in [2.24, 2.45) is 0 Å². The van der Waals surface area contributed by atoms with Crippen molar-refractivity contribution < 1.29 is 4.79 Å². The SMILES string of the molecule is C[C@H](c1ccc(-n2cncn2)cc1)N(C)C(=O)c1cccc(-n2cnnn2)c1. The van der Waals surface area contributed by atoms with Crippen molar-refractivity contribution in [2.45, 2.75) is 13.0 Å². The molecule has 2 heterocycles. The molecule has 2 aromatic heterocycles. The summed E-state index contributed by atoms with van der Waals surface area (Å²) in [7, 11) is 1.79. The largest absolute Gasteiger partial charge is 0.335 e. The molecule has 140 valence electrons. The Morgan fingerprint density at radius 2 is 1.86 bits per heavy atom. The summed E-state index contributed by atoms with van der Waals surface area (Å²) in [5.41, 5.74) is 3.24. The summed E-state index contributed by atoms with van der Waals surface area (Å²) in [6.07, 6.45) is 4.63. The van der Waals surface area contributed by atoms with Gasteiger partial charge in [-0.3, -0.25) is 4.79 Å². The molecule has 2 aromatic carbocycles. The molecule has 9 nitrogen and oxygen atoms in total. The van der Waals surface area contributed by atoms with E-state index in [0.29, 0.717) is 5.56 Å². The Morgan fingerprint density at radius 1 is 1.04 bits per heavy atom. The molecule has 28 heavy (non-hydrogen) atoms. The van der Waals surface area contributed by atoms with Gasteiger partial charge in [0.15, 0.2) is 0 Å². The Hall–Kier alpha value is -3.88. The summed E-state index contributed by atoms with van der Waals surface area (Å²) >= 11 is 0. The lowest BCUT2D eigenvalue weighted by molar-refractivity contribution is 0.0742. The number of carbonyl (C=O) groups excluding carboxylic acids is 1. The van der Waals surface area contributed by atoms with E-state index >= 15 is 0 Å². The van der Waals surface area contributed by atoms with Crippen molar-refractivity contribution in [3.05, 3.63) is 78.6 Å². The van der Waals surface area contributed by atoms with Gasteiger partial charge in [-0.1, -0.05) is 18.2 Å². The summed E-state index contributed by atoms with van der Waals surface area (Å²) in [5, 5.41) is 15.2. The normalized spacial score (nSPS) is 11.9. The molecule has 0 spiro atoms. The molecule has 0 saturated carbocycles. The molecule has 0 saturated heterocycles. The maximum Gasteiger partial charge on any atom is 0.254 e. The molecule has 0 N–H and O–H groups in total. The van der Waals surface area contributed by atoms with Crippen LogP contribution in [0.25, 0.3) is 11.4 Å². The minimum atomic E-state index is -0.103. The first-order chi connectivity index (χ1) is 13.6. The van der Waals surface area contributed by atoms with Crippen molar-refractivity contribution >= 4 is 5.91 Å². The third-order valence-corrected chi connectivity index (χ3v) is 4.67. The van der Waals surface area contributed by atoms with Crippen LogP contribution in [0.15, 0.2) is 67.5 Å². The average Bonchev–Trinajstić information content (AvgIpc) is 3.47. The number of nitrogens with zero attached hydrogens (tertiary/aromatic N) is 8. The number of tetrazole rings is 1. The topological polar surface area (TPSA) is 94.6 Å². The molecule has 9 heteroatoms. The number of rotatable bonds is 5. The van der Waals surface area contributed by atoms with E-state index in [-0.39, 0.29) is 11.9 Å². The summed E-state index contributed by atoms with van der Waals surface area (Å²) in [4.78, 5) is 18.6. The molecule has 1 amide bonds. The maximum absolute atomic E-state index is 13.0. The van der Waals surface area contributed by atoms with E-state index in [1.165, 1.54) is 17.3 Å². The van der Waals surface area contributed by atoms with Gasteiger partial charge in [0.1, 0.15) is 19.0 Å². The van der Waals surface area contributed by atoms with Crippen molar-refractivity contribution in [1.29, 1.82) is 0 Å². The van der Waals surface area contributed by atoms with E-state index in [1.807, 2.05) is 43.3 Å². The third-order valence-electron chi connectivity index (χ3n) is 4.67. The van der Waals surface area contributed by atoms with Gasteiger partial charge in [0.05, 0.1) is 17.4 Å². The molecule has 0 aliphatic heterocycles. The highest BCUT2D eigenvalue weighted by molar-refractivity contribution is 5.94. The number of hydrogen-bond acceptors (Lipinski definition) is 6. The van der Waals surface area contributed by atoms with Crippen LogP contribution in [0.5, 0.6) is 0 Å². The maximum atomic E-state index is 13.0. The Bertz CT molecular complexity index is 1060. The van der Waals surface area contributed by atoms with Crippen LogP contribution in [0.4, 0.5) is 0 Å².